The Morgan fingerprint density at radius 3 is 2.92 bits per heavy atom. The highest BCUT2D eigenvalue weighted by Gasteiger charge is 2.16. The monoisotopic (exact) mass is 366 g/mol. The van der Waals surface area contributed by atoms with Crippen molar-refractivity contribution in [1.29, 1.82) is 0 Å². The normalized spacial score (nSPS) is 19.0. The number of rotatable bonds is 9. The summed E-state index contributed by atoms with van der Waals surface area (Å²) in [5, 5.41) is 6.60. The lowest BCUT2D eigenvalue weighted by Gasteiger charge is -2.26. The number of halogens is 1. The summed E-state index contributed by atoms with van der Waals surface area (Å²) in [6.07, 6.45) is 2.14. The molecule has 7 heteroatoms. The van der Waals surface area contributed by atoms with E-state index in [0.717, 1.165) is 37.5 Å². The molecular weight excluding hydrogens is 335 g/mol. The van der Waals surface area contributed by atoms with Crippen LogP contribution in [0, 0.1) is 5.82 Å². The van der Waals surface area contributed by atoms with Crippen molar-refractivity contribution in [3.63, 3.8) is 0 Å². The highest BCUT2D eigenvalue weighted by atomic mass is 19.1. The molecule has 1 aliphatic heterocycles. The first-order valence-corrected chi connectivity index (χ1v) is 9.16. The summed E-state index contributed by atoms with van der Waals surface area (Å²) < 4.78 is 24.6. The van der Waals surface area contributed by atoms with E-state index in [4.69, 9.17) is 9.47 Å². The molecule has 0 aromatic heterocycles. The van der Waals surface area contributed by atoms with Crippen molar-refractivity contribution in [2.24, 2.45) is 4.99 Å². The standard InChI is InChI=1S/C19H31FN4O2/c1-21-19(22-9-5-10-26-17-8-11-25-14-17)23-13-18(24(2)3)15-6-4-7-16(20)12-15/h4,6-7,12,17-18H,5,8-11,13-14H2,1-3H3,(H2,21,22,23). The molecule has 0 bridgehead atoms. The van der Waals surface area contributed by atoms with Crippen LogP contribution in [0.2, 0.25) is 0 Å². The summed E-state index contributed by atoms with van der Waals surface area (Å²) in [5.74, 6) is 0.516. The molecule has 1 fully saturated rings. The number of likely N-dealkylation sites (N-methyl/N-ethyl adjacent to an activating group) is 1. The Labute approximate surface area is 155 Å². The smallest absolute Gasteiger partial charge is 0.191 e. The molecule has 6 nitrogen and oxygen atoms in total. The molecular formula is C19H31FN4O2. The maximum Gasteiger partial charge on any atom is 0.191 e. The summed E-state index contributed by atoms with van der Waals surface area (Å²) in [6, 6.07) is 6.77. The molecule has 26 heavy (non-hydrogen) atoms. The van der Waals surface area contributed by atoms with E-state index in [-0.39, 0.29) is 18.0 Å². The van der Waals surface area contributed by atoms with Gasteiger partial charge in [-0.05, 0) is 44.6 Å². The summed E-state index contributed by atoms with van der Waals surface area (Å²) in [6.45, 7) is 3.63. The Morgan fingerprint density at radius 1 is 1.42 bits per heavy atom. The third-order valence-corrected chi connectivity index (χ3v) is 4.40. The molecule has 2 unspecified atom stereocenters. The molecule has 1 aromatic carbocycles. The van der Waals surface area contributed by atoms with Crippen molar-refractivity contribution in [2.45, 2.75) is 25.0 Å². The van der Waals surface area contributed by atoms with Gasteiger partial charge in [-0.2, -0.15) is 0 Å². The Bertz CT molecular complexity index is 562. The van der Waals surface area contributed by atoms with E-state index in [1.165, 1.54) is 6.07 Å². The fourth-order valence-electron chi connectivity index (χ4n) is 2.90. The van der Waals surface area contributed by atoms with Crippen molar-refractivity contribution in [3.8, 4) is 0 Å². The van der Waals surface area contributed by atoms with Crippen LogP contribution in [0.15, 0.2) is 29.3 Å². The van der Waals surface area contributed by atoms with Crippen molar-refractivity contribution in [1.82, 2.24) is 15.5 Å². The predicted molar refractivity (Wildman–Crippen MR) is 102 cm³/mol. The fourth-order valence-corrected chi connectivity index (χ4v) is 2.90. The molecule has 1 aliphatic rings. The number of aliphatic imine (C=N–C) groups is 1. The minimum Gasteiger partial charge on any atom is -0.379 e. The van der Waals surface area contributed by atoms with Crippen LogP contribution in [0.25, 0.3) is 0 Å². The molecule has 0 saturated carbocycles. The molecule has 0 aliphatic carbocycles. The first-order chi connectivity index (χ1) is 12.6. The average molecular weight is 366 g/mol. The first kappa shape index (κ1) is 20.6. The van der Waals surface area contributed by atoms with Gasteiger partial charge in [0.2, 0.25) is 0 Å². The summed E-state index contributed by atoms with van der Waals surface area (Å²) in [5.41, 5.74) is 0.935. The van der Waals surface area contributed by atoms with Crippen LogP contribution in [0.4, 0.5) is 4.39 Å². The van der Waals surface area contributed by atoms with Gasteiger partial charge in [0.15, 0.2) is 5.96 Å². The maximum absolute atomic E-state index is 13.5. The van der Waals surface area contributed by atoms with E-state index < -0.39 is 0 Å². The minimum absolute atomic E-state index is 0.0509. The van der Waals surface area contributed by atoms with Crippen LogP contribution >= 0.6 is 0 Å². The van der Waals surface area contributed by atoms with Gasteiger partial charge in [0.1, 0.15) is 5.82 Å². The van der Waals surface area contributed by atoms with Gasteiger partial charge in [-0.25, -0.2) is 4.39 Å². The topological polar surface area (TPSA) is 58.1 Å². The number of guanidine groups is 1. The molecule has 146 valence electrons. The van der Waals surface area contributed by atoms with Crippen molar-refractivity contribution >= 4 is 5.96 Å². The van der Waals surface area contributed by atoms with Gasteiger partial charge >= 0.3 is 0 Å². The van der Waals surface area contributed by atoms with Crippen LogP contribution in [0.5, 0.6) is 0 Å². The lowest BCUT2D eigenvalue weighted by atomic mass is 10.1. The first-order valence-electron chi connectivity index (χ1n) is 9.16. The van der Waals surface area contributed by atoms with Gasteiger partial charge < -0.3 is 25.0 Å². The zero-order valence-corrected chi connectivity index (χ0v) is 16.0. The summed E-state index contributed by atoms with van der Waals surface area (Å²) in [7, 11) is 5.71. The third kappa shape index (κ3) is 6.90. The largest absolute Gasteiger partial charge is 0.379 e. The fraction of sp³-hybridized carbons (Fsp3) is 0.632. The highest BCUT2D eigenvalue weighted by Crippen LogP contribution is 2.18. The number of nitrogens with zero attached hydrogens (tertiary/aromatic N) is 2. The highest BCUT2D eigenvalue weighted by molar-refractivity contribution is 5.79. The van der Waals surface area contributed by atoms with E-state index in [2.05, 4.69) is 20.5 Å². The second-order valence-corrected chi connectivity index (χ2v) is 6.62. The van der Waals surface area contributed by atoms with Gasteiger partial charge in [-0.15, -0.1) is 0 Å². The Balaban J connectivity index is 1.72. The second-order valence-electron chi connectivity index (χ2n) is 6.62. The third-order valence-electron chi connectivity index (χ3n) is 4.40. The molecule has 0 spiro atoms. The molecule has 1 heterocycles. The van der Waals surface area contributed by atoms with E-state index >= 15 is 0 Å². The molecule has 2 rings (SSSR count). The van der Waals surface area contributed by atoms with Crippen LogP contribution in [0.3, 0.4) is 0 Å². The Kier molecular flexibility index (Phi) is 8.80. The molecule has 2 N–H and O–H groups in total. The van der Waals surface area contributed by atoms with E-state index in [1.807, 2.05) is 20.2 Å². The van der Waals surface area contributed by atoms with Crippen molar-refractivity contribution < 1.29 is 13.9 Å². The Morgan fingerprint density at radius 2 is 2.27 bits per heavy atom. The van der Waals surface area contributed by atoms with E-state index in [0.29, 0.717) is 19.8 Å². The predicted octanol–water partition coefficient (Wildman–Crippen LogP) is 1.79. The van der Waals surface area contributed by atoms with Crippen molar-refractivity contribution in [3.05, 3.63) is 35.6 Å². The van der Waals surface area contributed by atoms with Gasteiger partial charge in [-0.3, -0.25) is 4.99 Å². The summed E-state index contributed by atoms with van der Waals surface area (Å²) >= 11 is 0. The van der Waals surface area contributed by atoms with Gasteiger partial charge in [-0.1, -0.05) is 12.1 Å². The SMILES string of the molecule is CN=C(NCCCOC1CCOC1)NCC(c1cccc(F)c1)N(C)C. The van der Waals surface area contributed by atoms with Crippen LogP contribution < -0.4 is 10.6 Å². The molecule has 1 saturated heterocycles. The molecule has 0 radical (unpaired) electrons. The zero-order chi connectivity index (χ0) is 18.8. The Hall–Kier alpha value is -1.70. The lowest BCUT2D eigenvalue weighted by Crippen LogP contribution is -2.42. The number of hydrogen-bond acceptors (Lipinski definition) is 4. The zero-order valence-electron chi connectivity index (χ0n) is 16.0. The van der Waals surface area contributed by atoms with Crippen LogP contribution in [-0.4, -0.2) is 71.0 Å². The lowest BCUT2D eigenvalue weighted by molar-refractivity contribution is 0.0420. The second kappa shape index (κ2) is 11.1. The van der Waals surface area contributed by atoms with Crippen molar-refractivity contribution in [2.75, 3.05) is 54.1 Å². The molecule has 0 amide bonds. The minimum atomic E-state index is -0.218. The van der Waals surface area contributed by atoms with Crippen LogP contribution in [-0.2, 0) is 9.47 Å². The quantitative estimate of drug-likeness (QED) is 0.396. The summed E-state index contributed by atoms with van der Waals surface area (Å²) in [4.78, 5) is 6.31. The molecule has 2 atom stereocenters. The molecule has 1 aromatic rings. The van der Waals surface area contributed by atoms with E-state index in [9.17, 15) is 4.39 Å². The van der Waals surface area contributed by atoms with E-state index in [1.54, 1.807) is 19.2 Å². The van der Waals surface area contributed by atoms with Gasteiger partial charge in [0.25, 0.3) is 0 Å². The number of nitrogens with one attached hydrogen (secondary N) is 2. The van der Waals surface area contributed by atoms with Gasteiger partial charge in [0, 0.05) is 33.4 Å². The number of benzene rings is 1. The number of ether oxygens (including phenoxy) is 2. The maximum atomic E-state index is 13.5. The average Bonchev–Trinajstić information content (AvgIpc) is 3.13. The van der Waals surface area contributed by atoms with Crippen LogP contribution in [0.1, 0.15) is 24.4 Å². The number of hydrogen-bond donors (Lipinski definition) is 2. The van der Waals surface area contributed by atoms with Gasteiger partial charge in [0.05, 0.1) is 18.8 Å².